The van der Waals surface area contributed by atoms with Gasteiger partial charge in [-0.25, -0.2) is 4.99 Å². The molecule has 182 valence electrons. The summed E-state index contributed by atoms with van der Waals surface area (Å²) in [5.41, 5.74) is 2.51. The van der Waals surface area contributed by atoms with Crippen molar-refractivity contribution in [3.05, 3.63) is 58.8 Å². The van der Waals surface area contributed by atoms with Gasteiger partial charge in [-0.3, -0.25) is 9.79 Å². The van der Waals surface area contributed by atoms with Gasteiger partial charge >= 0.3 is 0 Å². The molecule has 0 radical (unpaired) electrons. The molecule has 0 aromatic carbocycles. The zero-order valence-electron chi connectivity index (χ0n) is 21.2. The van der Waals surface area contributed by atoms with Crippen molar-refractivity contribution in [1.82, 2.24) is 4.90 Å². The molecule has 0 aromatic rings. The number of hydrogen-bond donors (Lipinski definition) is 0. The van der Waals surface area contributed by atoms with Crippen molar-refractivity contribution in [3.63, 3.8) is 0 Å². The minimum absolute atomic E-state index is 0.435. The maximum absolute atomic E-state index is 10.9. The van der Waals surface area contributed by atoms with Gasteiger partial charge in [-0.2, -0.15) is 0 Å². The quantitative estimate of drug-likeness (QED) is 0.129. The van der Waals surface area contributed by atoms with Crippen LogP contribution in [0.25, 0.3) is 0 Å². The Morgan fingerprint density at radius 2 is 2.00 bits per heavy atom. The minimum atomic E-state index is 0.435. The first-order valence-corrected chi connectivity index (χ1v) is 12.6. The van der Waals surface area contributed by atoms with Crippen molar-refractivity contribution in [3.8, 4) is 0 Å². The summed E-state index contributed by atoms with van der Waals surface area (Å²) in [6, 6.07) is 0.435. The molecule has 1 saturated heterocycles. The van der Waals surface area contributed by atoms with Crippen LogP contribution >= 0.6 is 11.8 Å². The van der Waals surface area contributed by atoms with E-state index in [1.807, 2.05) is 51.0 Å². The molecule has 0 N–H and O–H groups in total. The number of carbonyl (C=O) groups excluding carboxylic acids is 1. The summed E-state index contributed by atoms with van der Waals surface area (Å²) in [5.74, 6) is 0.631. The van der Waals surface area contributed by atoms with Gasteiger partial charge in [0.2, 0.25) is 0 Å². The number of allylic oxidation sites excluding steroid dienone is 6. The Hall–Kier alpha value is -2.18. The van der Waals surface area contributed by atoms with Crippen LogP contribution in [0.1, 0.15) is 53.9 Å². The van der Waals surface area contributed by atoms with Crippen LogP contribution in [-0.2, 0) is 9.53 Å². The smallest absolute Gasteiger partial charge is 0.145 e. The third-order valence-corrected chi connectivity index (χ3v) is 6.24. The molecule has 2 aliphatic heterocycles. The first-order chi connectivity index (χ1) is 15.9. The highest BCUT2D eigenvalue weighted by molar-refractivity contribution is 8.03. The largest absolute Gasteiger partial charge is 0.381 e. The van der Waals surface area contributed by atoms with E-state index in [0.717, 1.165) is 49.9 Å². The van der Waals surface area contributed by atoms with Crippen molar-refractivity contribution in [2.75, 3.05) is 20.3 Å². The molecule has 0 saturated carbocycles. The Kier molecular flexibility index (Phi) is 14.4. The summed E-state index contributed by atoms with van der Waals surface area (Å²) < 4.78 is 5.37. The van der Waals surface area contributed by atoms with Crippen LogP contribution in [0.15, 0.2) is 68.8 Å². The maximum atomic E-state index is 10.9. The van der Waals surface area contributed by atoms with Crippen molar-refractivity contribution in [2.24, 2.45) is 15.9 Å². The molecule has 0 amide bonds. The lowest BCUT2D eigenvalue weighted by atomic mass is 10.0. The molecule has 2 aliphatic rings. The maximum Gasteiger partial charge on any atom is 0.145 e. The first-order valence-electron chi connectivity index (χ1n) is 11.7. The summed E-state index contributed by atoms with van der Waals surface area (Å²) in [6.07, 6.45) is 17.1. The SMILES string of the molecule is C=CC(=C/C)/C(=C\C)C(=C/C=O)/N=CN(C)C1CCOCC1.CC1C=NC(SC(C)C)=CC1. The lowest BCUT2D eigenvalue weighted by Gasteiger charge is -2.29. The molecule has 0 aromatic heterocycles. The van der Waals surface area contributed by atoms with Crippen molar-refractivity contribution in [1.29, 1.82) is 0 Å². The Bertz CT molecular complexity index is 800. The number of ether oxygens (including phenoxy) is 1. The van der Waals surface area contributed by atoms with E-state index in [-0.39, 0.29) is 0 Å². The van der Waals surface area contributed by atoms with Gasteiger partial charge in [0, 0.05) is 49.4 Å². The second-order valence-electron chi connectivity index (χ2n) is 8.29. The number of nitrogens with zero attached hydrogens (tertiary/aromatic N) is 3. The molecule has 1 unspecified atom stereocenters. The van der Waals surface area contributed by atoms with Crippen molar-refractivity contribution >= 4 is 30.6 Å². The number of aldehydes is 1. The number of hydrogen-bond acceptors (Lipinski definition) is 5. The molecular weight excluding hydrogens is 430 g/mol. The molecule has 5 nitrogen and oxygen atoms in total. The number of aliphatic imine (C=N–C) groups is 2. The van der Waals surface area contributed by atoms with Crippen LogP contribution in [0.3, 0.4) is 0 Å². The van der Waals surface area contributed by atoms with Gasteiger partial charge in [-0.05, 0) is 44.6 Å². The van der Waals surface area contributed by atoms with Gasteiger partial charge in [0.15, 0.2) is 0 Å². The van der Waals surface area contributed by atoms with E-state index in [9.17, 15) is 4.79 Å². The normalized spacial score (nSPS) is 20.4. The predicted molar refractivity (Wildman–Crippen MR) is 145 cm³/mol. The Balaban J connectivity index is 0.000000412. The molecule has 0 spiro atoms. The molecule has 1 atom stereocenters. The Morgan fingerprint density at radius 1 is 1.30 bits per heavy atom. The summed E-state index contributed by atoms with van der Waals surface area (Å²) in [5, 5.41) is 1.84. The van der Waals surface area contributed by atoms with Crippen LogP contribution in [0.2, 0.25) is 0 Å². The van der Waals surface area contributed by atoms with Crippen LogP contribution in [-0.4, -0.2) is 55.3 Å². The van der Waals surface area contributed by atoms with E-state index in [2.05, 4.69) is 48.3 Å². The summed E-state index contributed by atoms with van der Waals surface area (Å²) in [7, 11) is 2.01. The van der Waals surface area contributed by atoms with Gasteiger partial charge in [0.05, 0.1) is 17.1 Å². The predicted octanol–water partition coefficient (Wildman–Crippen LogP) is 6.37. The average Bonchev–Trinajstić information content (AvgIpc) is 2.82. The van der Waals surface area contributed by atoms with E-state index in [4.69, 9.17) is 4.74 Å². The lowest BCUT2D eigenvalue weighted by Crippen LogP contribution is -2.35. The molecular formula is C27H41N3O2S. The van der Waals surface area contributed by atoms with Gasteiger partial charge in [-0.1, -0.05) is 51.7 Å². The third kappa shape index (κ3) is 11.0. The van der Waals surface area contributed by atoms with E-state index < -0.39 is 0 Å². The fraction of sp³-hybridized carbons (Fsp3) is 0.519. The minimum Gasteiger partial charge on any atom is -0.381 e. The molecule has 33 heavy (non-hydrogen) atoms. The van der Waals surface area contributed by atoms with Crippen LogP contribution in [0, 0.1) is 5.92 Å². The molecule has 0 bridgehead atoms. The van der Waals surface area contributed by atoms with Gasteiger partial charge in [0.1, 0.15) is 6.29 Å². The third-order valence-electron chi connectivity index (χ3n) is 5.26. The van der Waals surface area contributed by atoms with Gasteiger partial charge in [0.25, 0.3) is 0 Å². The molecule has 2 heterocycles. The second kappa shape index (κ2) is 16.4. The Morgan fingerprint density at radius 3 is 2.48 bits per heavy atom. The van der Waals surface area contributed by atoms with E-state index in [1.165, 1.54) is 11.1 Å². The highest BCUT2D eigenvalue weighted by Gasteiger charge is 2.16. The number of thioether (sulfide) groups is 1. The van der Waals surface area contributed by atoms with E-state index in [1.54, 1.807) is 12.4 Å². The molecule has 1 fully saturated rings. The zero-order valence-corrected chi connectivity index (χ0v) is 22.0. The van der Waals surface area contributed by atoms with Crippen molar-refractivity contribution < 1.29 is 9.53 Å². The highest BCUT2D eigenvalue weighted by atomic mass is 32.2. The lowest BCUT2D eigenvalue weighted by molar-refractivity contribution is -0.104. The van der Waals surface area contributed by atoms with Crippen LogP contribution in [0.4, 0.5) is 0 Å². The van der Waals surface area contributed by atoms with Crippen molar-refractivity contribution in [2.45, 2.75) is 65.2 Å². The molecule has 0 aliphatic carbocycles. The van der Waals surface area contributed by atoms with Gasteiger partial charge in [-0.15, -0.1) is 11.8 Å². The van der Waals surface area contributed by atoms with Crippen LogP contribution < -0.4 is 0 Å². The Labute approximate surface area is 205 Å². The molecule has 6 heteroatoms. The van der Waals surface area contributed by atoms with Gasteiger partial charge < -0.3 is 9.64 Å². The number of rotatable bonds is 9. The average molecular weight is 472 g/mol. The highest BCUT2D eigenvalue weighted by Crippen LogP contribution is 2.26. The summed E-state index contributed by atoms with van der Waals surface area (Å²) in [6.45, 7) is 15.8. The monoisotopic (exact) mass is 471 g/mol. The summed E-state index contributed by atoms with van der Waals surface area (Å²) >= 11 is 1.84. The number of carbonyl (C=O) groups is 1. The fourth-order valence-electron chi connectivity index (χ4n) is 3.37. The van der Waals surface area contributed by atoms with E-state index in [0.29, 0.717) is 22.9 Å². The topological polar surface area (TPSA) is 54.3 Å². The standard InChI is InChI=1S/C18H26N2O2.C9H15NS/c1-5-15(6-2)17(7-3)18(8-11-21)19-14-20(4)16-9-12-22-13-10-16;1-7(2)11-9-5-4-8(3)6-10-9/h5-8,11,14,16H,1,9-10,12-13H2,2-4H3;5-8H,4H2,1-3H3/b15-6-,17-7+,18-8-,19-14?;. The zero-order chi connectivity index (χ0) is 24.6. The second-order valence-corrected chi connectivity index (χ2v) is 9.89. The fourth-order valence-corrected chi connectivity index (χ4v) is 4.17. The van der Waals surface area contributed by atoms with E-state index >= 15 is 0 Å². The van der Waals surface area contributed by atoms with Crippen LogP contribution in [0.5, 0.6) is 0 Å². The first kappa shape index (κ1) is 28.9. The molecule has 2 rings (SSSR count). The summed E-state index contributed by atoms with van der Waals surface area (Å²) in [4.78, 5) is 21.9.